The van der Waals surface area contributed by atoms with Crippen LogP contribution in [-0.2, 0) is 20.9 Å². The van der Waals surface area contributed by atoms with Crippen molar-refractivity contribution in [2.24, 2.45) is 0 Å². The number of benzene rings is 1. The third kappa shape index (κ3) is 5.84. The maximum Gasteiger partial charge on any atom is 0.303 e. The number of carbonyl (C=O) groups excluding carboxylic acids is 1. The van der Waals surface area contributed by atoms with Crippen LogP contribution in [0.1, 0.15) is 25.3 Å². The summed E-state index contributed by atoms with van der Waals surface area (Å²) in [6.07, 6.45) is -0.0233. The van der Waals surface area contributed by atoms with Crippen LogP contribution >= 0.6 is 0 Å². The van der Waals surface area contributed by atoms with E-state index in [0.717, 1.165) is 5.56 Å². The number of hydrogen-bond donors (Lipinski definition) is 1. The molecular formula is C15H21NO4. The number of aliphatic carboxylic acids is 1. The zero-order chi connectivity index (χ0) is 15.0. The first kappa shape index (κ1) is 16.2. The van der Waals surface area contributed by atoms with E-state index in [1.807, 2.05) is 30.3 Å². The minimum absolute atomic E-state index is 0.0663. The van der Waals surface area contributed by atoms with Crippen LogP contribution < -0.4 is 0 Å². The average molecular weight is 279 g/mol. The van der Waals surface area contributed by atoms with E-state index in [1.54, 1.807) is 14.0 Å². The predicted octanol–water partition coefficient (Wildman–Crippen LogP) is 1.91. The van der Waals surface area contributed by atoms with Crippen LogP contribution in [0.5, 0.6) is 0 Å². The molecule has 0 bridgehead atoms. The Morgan fingerprint density at radius 1 is 1.30 bits per heavy atom. The van der Waals surface area contributed by atoms with E-state index < -0.39 is 12.1 Å². The van der Waals surface area contributed by atoms with Gasteiger partial charge in [-0.25, -0.2) is 0 Å². The lowest BCUT2D eigenvalue weighted by Crippen LogP contribution is -2.37. The molecule has 1 aromatic carbocycles. The molecule has 110 valence electrons. The number of carboxylic acids is 1. The van der Waals surface area contributed by atoms with Crippen molar-refractivity contribution in [1.82, 2.24) is 4.90 Å². The summed E-state index contributed by atoms with van der Waals surface area (Å²) in [5.74, 6) is -0.981. The Bertz CT molecular complexity index is 433. The van der Waals surface area contributed by atoms with Gasteiger partial charge in [0.1, 0.15) is 6.10 Å². The van der Waals surface area contributed by atoms with Crippen molar-refractivity contribution >= 4 is 11.9 Å². The van der Waals surface area contributed by atoms with Gasteiger partial charge in [0.25, 0.3) is 5.91 Å². The second kappa shape index (κ2) is 8.32. The molecule has 0 saturated carbocycles. The Labute approximate surface area is 119 Å². The van der Waals surface area contributed by atoms with Crippen LogP contribution in [0.4, 0.5) is 0 Å². The van der Waals surface area contributed by atoms with Gasteiger partial charge in [0.2, 0.25) is 0 Å². The van der Waals surface area contributed by atoms with E-state index in [0.29, 0.717) is 19.6 Å². The molecule has 1 aromatic rings. The van der Waals surface area contributed by atoms with Crippen molar-refractivity contribution < 1.29 is 19.4 Å². The van der Waals surface area contributed by atoms with Crippen molar-refractivity contribution in [2.75, 3.05) is 13.6 Å². The quantitative estimate of drug-likeness (QED) is 0.789. The number of carbonyl (C=O) groups is 2. The highest BCUT2D eigenvalue weighted by Crippen LogP contribution is 2.06. The number of likely N-dealkylation sites (N-methyl/N-ethyl adjacent to an activating group) is 1. The zero-order valence-corrected chi connectivity index (χ0v) is 11.9. The molecule has 0 aliphatic heterocycles. The summed E-state index contributed by atoms with van der Waals surface area (Å²) in [6.45, 7) is 2.51. The summed E-state index contributed by atoms with van der Waals surface area (Å²) in [7, 11) is 1.66. The SMILES string of the molecule is CC(OCc1ccccc1)C(=O)N(C)CCCC(=O)O. The molecule has 0 fully saturated rings. The normalized spacial score (nSPS) is 11.9. The first-order chi connectivity index (χ1) is 9.50. The Balaban J connectivity index is 2.32. The molecule has 1 rings (SSSR count). The molecule has 1 amide bonds. The minimum Gasteiger partial charge on any atom is -0.481 e. The van der Waals surface area contributed by atoms with Crippen LogP contribution in [0.25, 0.3) is 0 Å². The second-order valence-electron chi connectivity index (χ2n) is 4.70. The predicted molar refractivity (Wildman–Crippen MR) is 75.2 cm³/mol. The number of hydrogen-bond acceptors (Lipinski definition) is 3. The fourth-order valence-electron chi connectivity index (χ4n) is 1.75. The number of amides is 1. The van der Waals surface area contributed by atoms with E-state index in [4.69, 9.17) is 9.84 Å². The second-order valence-corrected chi connectivity index (χ2v) is 4.70. The Morgan fingerprint density at radius 2 is 1.95 bits per heavy atom. The van der Waals surface area contributed by atoms with Crippen molar-refractivity contribution in [3.8, 4) is 0 Å². The Hall–Kier alpha value is -1.88. The zero-order valence-electron chi connectivity index (χ0n) is 11.9. The molecular weight excluding hydrogens is 258 g/mol. The van der Waals surface area contributed by atoms with Crippen LogP contribution in [-0.4, -0.2) is 41.6 Å². The van der Waals surface area contributed by atoms with Crippen molar-refractivity contribution in [3.05, 3.63) is 35.9 Å². The molecule has 0 aliphatic carbocycles. The molecule has 0 heterocycles. The van der Waals surface area contributed by atoms with E-state index in [1.165, 1.54) is 4.90 Å². The largest absolute Gasteiger partial charge is 0.481 e. The fraction of sp³-hybridized carbons (Fsp3) is 0.467. The van der Waals surface area contributed by atoms with Crippen LogP contribution in [0.15, 0.2) is 30.3 Å². The van der Waals surface area contributed by atoms with Gasteiger partial charge in [-0.1, -0.05) is 30.3 Å². The molecule has 0 aliphatic rings. The topological polar surface area (TPSA) is 66.8 Å². The summed E-state index contributed by atoms with van der Waals surface area (Å²) in [5, 5.41) is 8.56. The molecule has 0 aromatic heterocycles. The molecule has 5 nitrogen and oxygen atoms in total. The van der Waals surface area contributed by atoms with Crippen molar-refractivity contribution in [3.63, 3.8) is 0 Å². The summed E-state index contributed by atoms with van der Waals surface area (Å²) in [4.78, 5) is 23.9. The standard InChI is InChI=1S/C15H21NO4/c1-12(20-11-13-7-4-3-5-8-13)15(19)16(2)10-6-9-14(17)18/h3-5,7-8,12H,6,9-11H2,1-2H3,(H,17,18). The molecule has 1 atom stereocenters. The van der Waals surface area contributed by atoms with Gasteiger partial charge in [0.05, 0.1) is 6.61 Å². The van der Waals surface area contributed by atoms with Gasteiger partial charge < -0.3 is 14.7 Å². The first-order valence-corrected chi connectivity index (χ1v) is 6.63. The summed E-state index contributed by atoms with van der Waals surface area (Å²) in [6, 6.07) is 9.64. The molecule has 0 spiro atoms. The fourth-order valence-corrected chi connectivity index (χ4v) is 1.75. The number of rotatable bonds is 8. The lowest BCUT2D eigenvalue weighted by Gasteiger charge is -2.21. The van der Waals surface area contributed by atoms with Gasteiger partial charge >= 0.3 is 5.97 Å². The Morgan fingerprint density at radius 3 is 2.55 bits per heavy atom. The molecule has 1 unspecified atom stereocenters. The molecule has 1 N–H and O–H groups in total. The van der Waals surface area contributed by atoms with Gasteiger partial charge in [-0.3, -0.25) is 9.59 Å². The van der Waals surface area contributed by atoms with Crippen molar-refractivity contribution in [1.29, 1.82) is 0 Å². The van der Waals surface area contributed by atoms with Crippen LogP contribution in [0, 0.1) is 0 Å². The van der Waals surface area contributed by atoms with E-state index in [9.17, 15) is 9.59 Å². The smallest absolute Gasteiger partial charge is 0.303 e. The highest BCUT2D eigenvalue weighted by molar-refractivity contribution is 5.80. The van der Waals surface area contributed by atoms with E-state index in [-0.39, 0.29) is 12.3 Å². The monoisotopic (exact) mass is 279 g/mol. The van der Waals surface area contributed by atoms with E-state index >= 15 is 0 Å². The average Bonchev–Trinajstić information content (AvgIpc) is 2.44. The summed E-state index contributed by atoms with van der Waals surface area (Å²) >= 11 is 0. The van der Waals surface area contributed by atoms with Gasteiger partial charge in [0.15, 0.2) is 0 Å². The van der Waals surface area contributed by atoms with Gasteiger partial charge in [-0.2, -0.15) is 0 Å². The number of ether oxygens (including phenoxy) is 1. The molecule has 5 heteroatoms. The van der Waals surface area contributed by atoms with Gasteiger partial charge in [0, 0.05) is 20.0 Å². The first-order valence-electron chi connectivity index (χ1n) is 6.63. The minimum atomic E-state index is -0.848. The maximum atomic E-state index is 12.0. The van der Waals surface area contributed by atoms with Gasteiger partial charge in [-0.15, -0.1) is 0 Å². The van der Waals surface area contributed by atoms with Crippen LogP contribution in [0.2, 0.25) is 0 Å². The lowest BCUT2D eigenvalue weighted by molar-refractivity contribution is -0.143. The molecule has 0 saturated heterocycles. The third-order valence-electron chi connectivity index (χ3n) is 2.95. The number of carboxylic acid groups (broad SMARTS) is 1. The highest BCUT2D eigenvalue weighted by Gasteiger charge is 2.17. The van der Waals surface area contributed by atoms with Crippen molar-refractivity contribution in [2.45, 2.75) is 32.5 Å². The molecule has 0 radical (unpaired) electrons. The Kier molecular flexibility index (Phi) is 6.73. The summed E-state index contributed by atoms with van der Waals surface area (Å²) in [5.41, 5.74) is 1.01. The highest BCUT2D eigenvalue weighted by atomic mass is 16.5. The number of nitrogens with zero attached hydrogens (tertiary/aromatic N) is 1. The van der Waals surface area contributed by atoms with Gasteiger partial charge in [-0.05, 0) is 18.9 Å². The lowest BCUT2D eigenvalue weighted by atomic mass is 10.2. The summed E-state index contributed by atoms with van der Waals surface area (Å²) < 4.78 is 5.53. The van der Waals surface area contributed by atoms with Crippen LogP contribution in [0.3, 0.4) is 0 Å². The third-order valence-corrected chi connectivity index (χ3v) is 2.95. The molecule has 20 heavy (non-hydrogen) atoms. The maximum absolute atomic E-state index is 12.0. The van der Waals surface area contributed by atoms with E-state index in [2.05, 4.69) is 0 Å².